The van der Waals surface area contributed by atoms with Crippen LogP contribution < -0.4 is 0 Å². The van der Waals surface area contributed by atoms with Gasteiger partial charge in [-0.1, -0.05) is 0 Å². The maximum Gasteiger partial charge on any atom is 0.0938 e. The van der Waals surface area contributed by atoms with Crippen molar-refractivity contribution in [2.24, 2.45) is 0 Å². The van der Waals surface area contributed by atoms with Crippen molar-refractivity contribution in [2.45, 2.75) is 0 Å². The van der Waals surface area contributed by atoms with Crippen LogP contribution in [0.2, 0.25) is 0 Å². The zero-order chi connectivity index (χ0) is 6.41. The molecule has 3 nitrogen and oxygen atoms in total. The summed E-state index contributed by atoms with van der Waals surface area (Å²) in [6.07, 6.45) is 0. The van der Waals surface area contributed by atoms with Gasteiger partial charge in [0, 0.05) is 13.1 Å². The summed E-state index contributed by atoms with van der Waals surface area (Å²) in [6.45, 7) is 2.33. The van der Waals surface area contributed by atoms with Crippen LogP contribution in [0.3, 0.4) is 0 Å². The zero-order valence-corrected chi connectivity index (χ0v) is 5.04. The molecular weight excluding hydrogens is 106 g/mol. The smallest absolute Gasteiger partial charge is 0.0938 e. The zero-order valence-electron chi connectivity index (χ0n) is 5.04. The van der Waals surface area contributed by atoms with Crippen molar-refractivity contribution < 1.29 is 10.2 Å². The largest absolute Gasteiger partial charge is 0.395 e. The molecule has 0 saturated carbocycles. The van der Waals surface area contributed by atoms with Crippen molar-refractivity contribution in [1.29, 1.82) is 0 Å². The molecular formula is C5H12NO2. The van der Waals surface area contributed by atoms with Gasteiger partial charge in [-0.25, -0.2) is 0 Å². The molecule has 0 atom stereocenters. The molecule has 0 unspecified atom stereocenters. The molecule has 0 saturated heterocycles. The third kappa shape index (κ3) is 4.05. The summed E-state index contributed by atoms with van der Waals surface area (Å²) in [7, 11) is 1.82. The molecule has 49 valence electrons. The maximum absolute atomic E-state index is 8.33. The van der Waals surface area contributed by atoms with E-state index in [1.165, 1.54) is 0 Å². The molecule has 0 aliphatic rings. The normalized spacial score (nSPS) is 10.5. The minimum atomic E-state index is 0.143. The Labute approximate surface area is 49.5 Å². The molecule has 0 aromatic rings. The van der Waals surface area contributed by atoms with Gasteiger partial charge in [0.25, 0.3) is 0 Å². The Morgan fingerprint density at radius 2 is 2.25 bits per heavy atom. The lowest BCUT2D eigenvalue weighted by molar-refractivity contribution is 0.211. The molecule has 0 rings (SSSR count). The topological polar surface area (TPSA) is 43.7 Å². The van der Waals surface area contributed by atoms with E-state index in [4.69, 9.17) is 10.2 Å². The van der Waals surface area contributed by atoms with E-state index in [-0.39, 0.29) is 6.61 Å². The maximum atomic E-state index is 8.33. The fourth-order valence-corrected chi connectivity index (χ4v) is 0.401. The van der Waals surface area contributed by atoms with Crippen molar-refractivity contribution in [2.75, 3.05) is 26.7 Å². The second kappa shape index (κ2) is 5.03. The fourth-order valence-electron chi connectivity index (χ4n) is 0.401. The molecule has 0 heterocycles. The highest BCUT2D eigenvalue weighted by atomic mass is 16.3. The monoisotopic (exact) mass is 118 g/mol. The van der Waals surface area contributed by atoms with Gasteiger partial charge in [-0.2, -0.15) is 0 Å². The van der Waals surface area contributed by atoms with Crippen LogP contribution >= 0.6 is 0 Å². The Bertz CT molecular complexity index is 43.7. The molecule has 1 radical (unpaired) electrons. The summed E-state index contributed by atoms with van der Waals surface area (Å²) in [5.74, 6) is 0. The Morgan fingerprint density at radius 1 is 1.62 bits per heavy atom. The van der Waals surface area contributed by atoms with Crippen LogP contribution in [-0.4, -0.2) is 41.9 Å². The summed E-state index contributed by atoms with van der Waals surface area (Å²) in [6, 6.07) is 0. The van der Waals surface area contributed by atoms with Gasteiger partial charge in [0.05, 0.1) is 13.2 Å². The van der Waals surface area contributed by atoms with E-state index >= 15 is 0 Å². The molecule has 8 heavy (non-hydrogen) atoms. The van der Waals surface area contributed by atoms with Crippen LogP contribution in [0.15, 0.2) is 0 Å². The van der Waals surface area contributed by atoms with Crippen LogP contribution in [-0.2, 0) is 0 Å². The number of hydrogen-bond donors (Lipinski definition) is 2. The van der Waals surface area contributed by atoms with Crippen LogP contribution in [0.4, 0.5) is 0 Å². The van der Waals surface area contributed by atoms with Gasteiger partial charge < -0.3 is 15.1 Å². The number of likely N-dealkylation sites (N-methyl/N-ethyl adjacent to an activating group) is 1. The lowest BCUT2D eigenvalue weighted by Gasteiger charge is -2.11. The minimum absolute atomic E-state index is 0.143. The van der Waals surface area contributed by atoms with Gasteiger partial charge in [-0.3, -0.25) is 0 Å². The number of nitrogens with zero attached hydrogens (tertiary/aromatic N) is 1. The highest BCUT2D eigenvalue weighted by Crippen LogP contribution is 1.79. The second-order valence-corrected chi connectivity index (χ2v) is 1.67. The molecule has 0 spiro atoms. The molecule has 2 N–H and O–H groups in total. The van der Waals surface area contributed by atoms with Crippen molar-refractivity contribution in [3.05, 3.63) is 6.61 Å². The second-order valence-electron chi connectivity index (χ2n) is 1.67. The molecule has 0 aromatic heterocycles. The summed E-state index contributed by atoms with van der Waals surface area (Å²) >= 11 is 0. The first kappa shape index (κ1) is 7.88. The Morgan fingerprint density at radius 3 is 2.62 bits per heavy atom. The van der Waals surface area contributed by atoms with E-state index in [9.17, 15) is 0 Å². The van der Waals surface area contributed by atoms with Crippen molar-refractivity contribution in [1.82, 2.24) is 4.90 Å². The Kier molecular flexibility index (Phi) is 4.95. The highest BCUT2D eigenvalue weighted by Gasteiger charge is 1.92. The molecule has 0 aliphatic carbocycles. The van der Waals surface area contributed by atoms with Crippen molar-refractivity contribution in [3.63, 3.8) is 0 Å². The molecule has 0 bridgehead atoms. The van der Waals surface area contributed by atoms with E-state index in [0.717, 1.165) is 6.61 Å². The fraction of sp³-hybridized carbons (Fsp3) is 0.800. The van der Waals surface area contributed by atoms with E-state index < -0.39 is 0 Å². The van der Waals surface area contributed by atoms with Crippen molar-refractivity contribution in [3.8, 4) is 0 Å². The van der Waals surface area contributed by atoms with Crippen LogP contribution in [0.5, 0.6) is 0 Å². The first-order valence-electron chi connectivity index (χ1n) is 2.56. The molecule has 0 fully saturated rings. The van der Waals surface area contributed by atoms with E-state index in [1.54, 1.807) is 4.90 Å². The number of hydrogen-bond acceptors (Lipinski definition) is 3. The van der Waals surface area contributed by atoms with E-state index in [0.29, 0.717) is 13.1 Å². The van der Waals surface area contributed by atoms with Gasteiger partial charge in [0.1, 0.15) is 0 Å². The molecule has 0 aliphatic heterocycles. The van der Waals surface area contributed by atoms with Crippen LogP contribution in [0.25, 0.3) is 0 Å². The molecule has 0 aromatic carbocycles. The molecule has 3 heteroatoms. The van der Waals surface area contributed by atoms with E-state index in [1.807, 2.05) is 7.05 Å². The van der Waals surface area contributed by atoms with Gasteiger partial charge in [-0.15, -0.1) is 0 Å². The Balaban J connectivity index is 2.92. The lowest BCUT2D eigenvalue weighted by atomic mass is 10.5. The summed E-state index contributed by atoms with van der Waals surface area (Å²) in [4.78, 5) is 1.81. The quantitative estimate of drug-likeness (QED) is 0.520. The third-order valence-electron chi connectivity index (χ3n) is 0.875. The number of rotatable bonds is 4. The van der Waals surface area contributed by atoms with Gasteiger partial charge in [0.15, 0.2) is 0 Å². The third-order valence-corrected chi connectivity index (χ3v) is 0.875. The average Bonchev–Trinajstić information content (AvgIpc) is 1.68. The van der Waals surface area contributed by atoms with E-state index in [2.05, 4.69) is 0 Å². The van der Waals surface area contributed by atoms with Crippen LogP contribution in [0.1, 0.15) is 0 Å². The standard InChI is InChI=1S/C5H12NO2/c1-6(2-4-7)3-5-8/h4,7-8H,2-3,5H2,1H3. The predicted octanol–water partition coefficient (Wildman–Crippen LogP) is -0.555. The van der Waals surface area contributed by atoms with Crippen molar-refractivity contribution >= 4 is 0 Å². The predicted molar refractivity (Wildman–Crippen MR) is 30.8 cm³/mol. The van der Waals surface area contributed by atoms with Gasteiger partial charge >= 0.3 is 0 Å². The lowest BCUT2D eigenvalue weighted by Crippen LogP contribution is -2.23. The summed E-state index contributed by atoms with van der Waals surface area (Å²) in [5.41, 5.74) is 0. The van der Waals surface area contributed by atoms with Gasteiger partial charge in [-0.05, 0) is 7.05 Å². The summed E-state index contributed by atoms with van der Waals surface area (Å²) in [5, 5.41) is 16.5. The highest BCUT2D eigenvalue weighted by molar-refractivity contribution is 4.54. The molecule has 0 amide bonds. The SMILES string of the molecule is CN(C[CH]O)CCO. The summed E-state index contributed by atoms with van der Waals surface area (Å²) < 4.78 is 0. The average molecular weight is 118 g/mol. The van der Waals surface area contributed by atoms with Crippen LogP contribution in [0, 0.1) is 6.61 Å². The van der Waals surface area contributed by atoms with Gasteiger partial charge in [0.2, 0.25) is 0 Å². The minimum Gasteiger partial charge on any atom is -0.395 e. The first-order chi connectivity index (χ1) is 3.81. The first-order valence-corrected chi connectivity index (χ1v) is 2.56. The Hall–Kier alpha value is -0.120. The number of aliphatic hydroxyl groups excluding tert-OH is 2. The number of aliphatic hydroxyl groups is 2.